The highest BCUT2D eigenvalue weighted by atomic mass is 79.9. The third-order valence-corrected chi connectivity index (χ3v) is 4.62. The van der Waals surface area contributed by atoms with Gasteiger partial charge in [0.1, 0.15) is 0 Å². The van der Waals surface area contributed by atoms with Gasteiger partial charge in [-0.1, -0.05) is 64.5 Å². The van der Waals surface area contributed by atoms with Crippen LogP contribution in [0.4, 0.5) is 0 Å². The quantitative estimate of drug-likeness (QED) is 0.537. The largest absolute Gasteiger partial charge is 0.452 e. The lowest BCUT2D eigenvalue weighted by Crippen LogP contribution is -2.33. The number of hydrogen-bond acceptors (Lipinski definition) is 3. The van der Waals surface area contributed by atoms with E-state index < -0.39 is 5.97 Å². The summed E-state index contributed by atoms with van der Waals surface area (Å²) in [6.07, 6.45) is 2.96. The molecule has 0 N–H and O–H groups in total. The number of carbonyl (C=O) groups excluding carboxylic acids is 2. The number of hydrogen-bond donors (Lipinski definition) is 0. The molecule has 25 heavy (non-hydrogen) atoms. The summed E-state index contributed by atoms with van der Waals surface area (Å²) >= 11 is 3.40. The van der Waals surface area contributed by atoms with Gasteiger partial charge >= 0.3 is 5.97 Å². The molecule has 2 rings (SSSR count). The highest BCUT2D eigenvalue weighted by Gasteiger charge is 2.18. The standard InChI is InChI=1S/C20H20BrNO3/c1-15(16-8-4-3-5-9-16)22(2)19(23)14-25-20(24)13-12-17-10-6-7-11-18(17)21/h3-13,15H,14H2,1-2H3/b13-12+/t15-/m0/s1. The third-order valence-electron chi connectivity index (χ3n) is 3.90. The van der Waals surface area contributed by atoms with Crippen LogP contribution in [-0.4, -0.2) is 30.4 Å². The number of esters is 1. The van der Waals surface area contributed by atoms with Crippen molar-refractivity contribution in [1.82, 2.24) is 4.90 Å². The van der Waals surface area contributed by atoms with E-state index in [2.05, 4.69) is 15.9 Å². The molecule has 1 amide bonds. The first-order valence-corrected chi connectivity index (χ1v) is 8.68. The van der Waals surface area contributed by atoms with Crippen LogP contribution >= 0.6 is 15.9 Å². The van der Waals surface area contributed by atoms with Crippen molar-refractivity contribution in [3.05, 3.63) is 76.3 Å². The average Bonchev–Trinajstić information content (AvgIpc) is 2.65. The van der Waals surface area contributed by atoms with Gasteiger partial charge in [0.15, 0.2) is 6.61 Å². The maximum atomic E-state index is 12.2. The van der Waals surface area contributed by atoms with Gasteiger partial charge < -0.3 is 9.64 Å². The maximum absolute atomic E-state index is 12.2. The molecule has 0 saturated carbocycles. The van der Waals surface area contributed by atoms with Crippen molar-refractivity contribution in [2.75, 3.05) is 13.7 Å². The second kappa shape index (κ2) is 9.18. The number of likely N-dealkylation sites (N-methyl/N-ethyl adjacent to an activating group) is 1. The number of rotatable bonds is 6. The number of carbonyl (C=O) groups is 2. The summed E-state index contributed by atoms with van der Waals surface area (Å²) < 4.78 is 5.92. The molecule has 0 aromatic heterocycles. The highest BCUT2D eigenvalue weighted by Crippen LogP contribution is 2.18. The molecular formula is C20H20BrNO3. The van der Waals surface area contributed by atoms with Gasteiger partial charge in [-0.15, -0.1) is 0 Å². The van der Waals surface area contributed by atoms with Crippen LogP contribution in [-0.2, 0) is 14.3 Å². The minimum Gasteiger partial charge on any atom is -0.452 e. The van der Waals surface area contributed by atoms with Crippen molar-refractivity contribution in [3.63, 3.8) is 0 Å². The molecule has 4 nitrogen and oxygen atoms in total. The van der Waals surface area contributed by atoms with Gasteiger partial charge in [0.2, 0.25) is 0 Å². The summed E-state index contributed by atoms with van der Waals surface area (Å²) in [7, 11) is 1.70. The molecule has 0 aliphatic heterocycles. The molecule has 0 aliphatic carbocycles. The summed E-state index contributed by atoms with van der Waals surface area (Å²) in [5.41, 5.74) is 1.89. The zero-order valence-electron chi connectivity index (χ0n) is 14.2. The van der Waals surface area contributed by atoms with Gasteiger partial charge in [-0.3, -0.25) is 4.79 Å². The van der Waals surface area contributed by atoms with Gasteiger partial charge in [0.25, 0.3) is 5.91 Å². The lowest BCUT2D eigenvalue weighted by Gasteiger charge is -2.25. The Morgan fingerprint density at radius 3 is 2.44 bits per heavy atom. The molecule has 130 valence electrons. The molecule has 2 aromatic rings. The van der Waals surface area contributed by atoms with E-state index in [9.17, 15) is 9.59 Å². The maximum Gasteiger partial charge on any atom is 0.331 e. The van der Waals surface area contributed by atoms with Crippen molar-refractivity contribution < 1.29 is 14.3 Å². The van der Waals surface area contributed by atoms with Gasteiger partial charge in [0, 0.05) is 17.6 Å². The van der Waals surface area contributed by atoms with Crippen LogP contribution in [0.25, 0.3) is 6.08 Å². The Balaban J connectivity index is 1.86. The van der Waals surface area contributed by atoms with E-state index in [1.54, 1.807) is 18.0 Å². The number of ether oxygens (including phenoxy) is 1. The summed E-state index contributed by atoms with van der Waals surface area (Å²) in [5.74, 6) is -0.802. The van der Waals surface area contributed by atoms with E-state index >= 15 is 0 Å². The van der Waals surface area contributed by atoms with Gasteiger partial charge in [0.05, 0.1) is 6.04 Å². The molecule has 2 aromatic carbocycles. The van der Waals surface area contributed by atoms with E-state index in [0.29, 0.717) is 0 Å². The molecule has 0 heterocycles. The first-order chi connectivity index (χ1) is 12.0. The number of benzene rings is 2. The van der Waals surface area contributed by atoms with Crippen LogP contribution in [0.15, 0.2) is 65.1 Å². The highest BCUT2D eigenvalue weighted by molar-refractivity contribution is 9.10. The van der Waals surface area contributed by atoms with Gasteiger partial charge in [-0.2, -0.15) is 0 Å². The smallest absolute Gasteiger partial charge is 0.331 e. The minimum atomic E-state index is -0.551. The number of nitrogens with zero attached hydrogens (tertiary/aromatic N) is 1. The molecule has 1 atom stereocenters. The van der Waals surface area contributed by atoms with Crippen LogP contribution in [0.1, 0.15) is 24.1 Å². The molecule has 0 unspecified atom stereocenters. The van der Waals surface area contributed by atoms with E-state index in [4.69, 9.17) is 4.74 Å². The van der Waals surface area contributed by atoms with Crippen LogP contribution in [0.2, 0.25) is 0 Å². The molecular weight excluding hydrogens is 382 g/mol. The Hall–Kier alpha value is -2.40. The van der Waals surface area contributed by atoms with E-state index in [-0.39, 0.29) is 18.6 Å². The monoisotopic (exact) mass is 401 g/mol. The average molecular weight is 402 g/mol. The zero-order valence-corrected chi connectivity index (χ0v) is 15.8. The topological polar surface area (TPSA) is 46.6 Å². The SMILES string of the molecule is C[C@@H](c1ccccc1)N(C)C(=O)COC(=O)/C=C/c1ccccc1Br. The van der Waals surface area contributed by atoms with E-state index in [1.165, 1.54) is 6.08 Å². The zero-order chi connectivity index (χ0) is 18.2. The predicted octanol–water partition coefficient (Wildman–Crippen LogP) is 4.23. The van der Waals surface area contributed by atoms with Crippen LogP contribution in [0.3, 0.4) is 0 Å². The Morgan fingerprint density at radius 1 is 1.12 bits per heavy atom. The first kappa shape index (κ1) is 18.9. The minimum absolute atomic E-state index is 0.0942. The van der Waals surface area contributed by atoms with Gasteiger partial charge in [-0.05, 0) is 30.2 Å². The summed E-state index contributed by atoms with van der Waals surface area (Å²) in [6.45, 7) is 1.65. The third kappa shape index (κ3) is 5.57. The second-order valence-corrected chi connectivity index (χ2v) is 6.41. The molecule has 0 aliphatic rings. The Morgan fingerprint density at radius 2 is 1.76 bits per heavy atom. The Kier molecular flexibility index (Phi) is 6.95. The molecule has 0 saturated heterocycles. The fourth-order valence-electron chi connectivity index (χ4n) is 2.22. The molecule has 0 fully saturated rings. The summed E-state index contributed by atoms with van der Waals surface area (Å²) in [5, 5.41) is 0. The van der Waals surface area contributed by atoms with Crippen molar-refractivity contribution >= 4 is 33.9 Å². The summed E-state index contributed by atoms with van der Waals surface area (Å²) in [4.78, 5) is 25.6. The number of amides is 1. The fourth-order valence-corrected chi connectivity index (χ4v) is 2.64. The summed E-state index contributed by atoms with van der Waals surface area (Å²) in [6, 6.07) is 17.1. The van der Waals surface area contributed by atoms with Crippen molar-refractivity contribution in [2.45, 2.75) is 13.0 Å². The Bertz CT molecular complexity index is 759. The van der Waals surface area contributed by atoms with Crippen LogP contribution in [0, 0.1) is 0 Å². The molecule has 0 radical (unpaired) electrons. The molecule has 0 spiro atoms. The first-order valence-electron chi connectivity index (χ1n) is 7.89. The van der Waals surface area contributed by atoms with Gasteiger partial charge in [-0.25, -0.2) is 4.79 Å². The second-order valence-electron chi connectivity index (χ2n) is 5.55. The molecule has 5 heteroatoms. The fraction of sp³-hybridized carbons (Fsp3) is 0.200. The van der Waals surface area contributed by atoms with Crippen molar-refractivity contribution in [3.8, 4) is 0 Å². The van der Waals surface area contributed by atoms with E-state index in [1.807, 2.05) is 61.5 Å². The normalized spacial score (nSPS) is 12.0. The lowest BCUT2D eigenvalue weighted by atomic mass is 10.1. The van der Waals surface area contributed by atoms with Crippen LogP contribution < -0.4 is 0 Å². The van der Waals surface area contributed by atoms with Crippen molar-refractivity contribution in [2.24, 2.45) is 0 Å². The predicted molar refractivity (Wildman–Crippen MR) is 102 cm³/mol. The molecule has 0 bridgehead atoms. The van der Waals surface area contributed by atoms with Crippen molar-refractivity contribution in [1.29, 1.82) is 0 Å². The van der Waals surface area contributed by atoms with Crippen LogP contribution in [0.5, 0.6) is 0 Å². The Labute approximate surface area is 156 Å². The number of halogens is 1. The van der Waals surface area contributed by atoms with E-state index in [0.717, 1.165) is 15.6 Å². The lowest BCUT2D eigenvalue weighted by molar-refractivity contribution is -0.148.